The zero-order valence-electron chi connectivity index (χ0n) is 11.4. The highest BCUT2D eigenvalue weighted by Gasteiger charge is 2.32. The Bertz CT molecular complexity index is 426. The fraction of sp³-hybridized carbons (Fsp3) is 0.600. The summed E-state index contributed by atoms with van der Waals surface area (Å²) in [6.07, 6.45) is -0.0716. The van der Waals surface area contributed by atoms with Gasteiger partial charge in [-0.05, 0) is 50.9 Å². The first kappa shape index (κ1) is 14.4. The first-order valence-corrected chi connectivity index (χ1v) is 6.71. The SMILES string of the molecule is CN(C)[C@@H]1CCC[C@H](c2cccc(C(F)(F)F)c2)C1. The molecule has 0 unspecified atom stereocenters. The van der Waals surface area contributed by atoms with Gasteiger partial charge in [-0.15, -0.1) is 0 Å². The van der Waals surface area contributed by atoms with Crippen LogP contribution < -0.4 is 0 Å². The largest absolute Gasteiger partial charge is 0.416 e. The molecule has 2 atom stereocenters. The first-order valence-electron chi connectivity index (χ1n) is 6.71. The van der Waals surface area contributed by atoms with Crippen molar-refractivity contribution in [3.05, 3.63) is 35.4 Å². The molecule has 0 heterocycles. The Morgan fingerprint density at radius 3 is 2.53 bits per heavy atom. The maximum atomic E-state index is 12.7. The van der Waals surface area contributed by atoms with Crippen LogP contribution in [0.1, 0.15) is 42.7 Å². The number of rotatable bonds is 2. The molecule has 1 saturated carbocycles. The van der Waals surface area contributed by atoms with Gasteiger partial charge in [-0.25, -0.2) is 0 Å². The molecule has 4 heteroatoms. The minimum atomic E-state index is -4.24. The van der Waals surface area contributed by atoms with Gasteiger partial charge < -0.3 is 4.90 Å². The first-order chi connectivity index (χ1) is 8.88. The molecule has 0 amide bonds. The van der Waals surface area contributed by atoms with Gasteiger partial charge in [-0.2, -0.15) is 13.2 Å². The molecule has 1 fully saturated rings. The molecule has 1 aliphatic rings. The van der Waals surface area contributed by atoms with E-state index >= 15 is 0 Å². The lowest BCUT2D eigenvalue weighted by Gasteiger charge is -2.33. The van der Waals surface area contributed by atoms with Gasteiger partial charge in [0.15, 0.2) is 0 Å². The van der Waals surface area contributed by atoms with Crippen LogP contribution in [-0.2, 0) is 6.18 Å². The number of hydrogen-bond donors (Lipinski definition) is 0. The second-order valence-electron chi connectivity index (χ2n) is 5.60. The van der Waals surface area contributed by atoms with Crippen molar-refractivity contribution in [1.82, 2.24) is 4.90 Å². The average molecular weight is 271 g/mol. The van der Waals surface area contributed by atoms with E-state index in [0.29, 0.717) is 6.04 Å². The summed E-state index contributed by atoms with van der Waals surface area (Å²) in [6.45, 7) is 0. The molecular formula is C15H20F3N. The van der Waals surface area contributed by atoms with Gasteiger partial charge in [0.25, 0.3) is 0 Å². The zero-order valence-corrected chi connectivity index (χ0v) is 11.4. The van der Waals surface area contributed by atoms with E-state index in [2.05, 4.69) is 4.90 Å². The minimum absolute atomic E-state index is 0.253. The predicted octanol–water partition coefficient (Wildman–Crippen LogP) is 4.29. The van der Waals surface area contributed by atoms with E-state index in [1.807, 2.05) is 20.2 Å². The van der Waals surface area contributed by atoms with Gasteiger partial charge in [0.05, 0.1) is 5.56 Å². The highest BCUT2D eigenvalue weighted by molar-refractivity contribution is 5.28. The Kier molecular flexibility index (Phi) is 4.19. The number of hydrogen-bond acceptors (Lipinski definition) is 1. The monoisotopic (exact) mass is 271 g/mol. The van der Waals surface area contributed by atoms with Gasteiger partial charge >= 0.3 is 6.18 Å². The molecule has 0 spiro atoms. The van der Waals surface area contributed by atoms with Crippen LogP contribution in [0.3, 0.4) is 0 Å². The number of halogens is 3. The normalized spacial score (nSPS) is 24.7. The molecule has 106 valence electrons. The van der Waals surface area contributed by atoms with Crippen LogP contribution in [0.2, 0.25) is 0 Å². The summed E-state index contributed by atoms with van der Waals surface area (Å²) in [4.78, 5) is 2.18. The van der Waals surface area contributed by atoms with E-state index in [9.17, 15) is 13.2 Å². The van der Waals surface area contributed by atoms with Crippen molar-refractivity contribution < 1.29 is 13.2 Å². The number of alkyl halides is 3. The molecule has 0 N–H and O–H groups in total. The quantitative estimate of drug-likeness (QED) is 0.775. The summed E-state index contributed by atoms with van der Waals surface area (Å²) in [5, 5.41) is 0. The van der Waals surface area contributed by atoms with Gasteiger partial charge in [0.1, 0.15) is 0 Å². The van der Waals surface area contributed by atoms with Crippen LogP contribution in [0, 0.1) is 0 Å². The van der Waals surface area contributed by atoms with Gasteiger partial charge in [-0.1, -0.05) is 24.6 Å². The zero-order chi connectivity index (χ0) is 14.0. The van der Waals surface area contributed by atoms with Gasteiger partial charge in [0, 0.05) is 6.04 Å². The standard InChI is InChI=1S/C15H20F3N/c1-19(2)14-8-4-6-12(10-14)11-5-3-7-13(9-11)15(16,17)18/h3,5,7,9,12,14H,4,6,8,10H2,1-2H3/t12-,14+/m0/s1. The highest BCUT2D eigenvalue weighted by Crippen LogP contribution is 2.37. The molecule has 0 radical (unpaired) electrons. The summed E-state index contributed by atoms with van der Waals surface area (Å²) in [5.41, 5.74) is 0.304. The third-order valence-electron chi connectivity index (χ3n) is 4.06. The van der Waals surface area contributed by atoms with Crippen LogP contribution in [-0.4, -0.2) is 25.0 Å². The van der Waals surface area contributed by atoms with E-state index in [4.69, 9.17) is 0 Å². The Morgan fingerprint density at radius 2 is 1.89 bits per heavy atom. The predicted molar refractivity (Wildman–Crippen MR) is 70.1 cm³/mol. The van der Waals surface area contributed by atoms with Crippen molar-refractivity contribution in [2.75, 3.05) is 14.1 Å². The third kappa shape index (κ3) is 3.50. The molecule has 0 bridgehead atoms. The maximum absolute atomic E-state index is 12.7. The lowest BCUT2D eigenvalue weighted by atomic mass is 9.80. The summed E-state index contributed by atoms with van der Waals surface area (Å²) >= 11 is 0. The van der Waals surface area contributed by atoms with Crippen molar-refractivity contribution in [1.29, 1.82) is 0 Å². The van der Waals surface area contributed by atoms with Gasteiger partial charge in [-0.3, -0.25) is 0 Å². The second kappa shape index (κ2) is 5.53. The molecule has 1 aliphatic carbocycles. The van der Waals surface area contributed by atoms with E-state index in [0.717, 1.165) is 37.3 Å². The molecular weight excluding hydrogens is 251 g/mol. The Labute approximate surface area is 112 Å². The average Bonchev–Trinajstić information content (AvgIpc) is 2.38. The third-order valence-corrected chi connectivity index (χ3v) is 4.06. The Morgan fingerprint density at radius 1 is 1.16 bits per heavy atom. The van der Waals surface area contributed by atoms with Crippen molar-refractivity contribution in [2.45, 2.75) is 43.8 Å². The smallest absolute Gasteiger partial charge is 0.306 e. The van der Waals surface area contributed by atoms with Gasteiger partial charge in [0.2, 0.25) is 0 Å². The summed E-state index contributed by atoms with van der Waals surface area (Å²) < 4.78 is 38.2. The van der Waals surface area contributed by atoms with Crippen LogP contribution in [0.25, 0.3) is 0 Å². The Balaban J connectivity index is 2.17. The molecule has 1 aromatic carbocycles. The molecule has 0 aromatic heterocycles. The summed E-state index contributed by atoms with van der Waals surface area (Å²) in [5.74, 6) is 0.253. The summed E-state index contributed by atoms with van der Waals surface area (Å²) in [6, 6.07) is 6.31. The molecule has 1 nitrogen and oxygen atoms in total. The van der Waals surface area contributed by atoms with Crippen molar-refractivity contribution in [3.8, 4) is 0 Å². The fourth-order valence-corrected chi connectivity index (χ4v) is 2.90. The minimum Gasteiger partial charge on any atom is -0.306 e. The van der Waals surface area contributed by atoms with Crippen LogP contribution in [0.4, 0.5) is 13.2 Å². The lowest BCUT2D eigenvalue weighted by molar-refractivity contribution is -0.137. The molecule has 19 heavy (non-hydrogen) atoms. The summed E-state index contributed by atoms with van der Waals surface area (Å²) in [7, 11) is 4.08. The van der Waals surface area contributed by atoms with Crippen molar-refractivity contribution in [3.63, 3.8) is 0 Å². The molecule has 0 aliphatic heterocycles. The topological polar surface area (TPSA) is 3.24 Å². The van der Waals surface area contributed by atoms with E-state index in [1.54, 1.807) is 0 Å². The fourth-order valence-electron chi connectivity index (χ4n) is 2.90. The number of nitrogens with zero attached hydrogens (tertiary/aromatic N) is 1. The second-order valence-corrected chi connectivity index (χ2v) is 5.60. The van der Waals surface area contributed by atoms with Crippen LogP contribution in [0.15, 0.2) is 24.3 Å². The molecule has 1 aromatic rings. The maximum Gasteiger partial charge on any atom is 0.416 e. The van der Waals surface area contributed by atoms with Crippen molar-refractivity contribution in [2.24, 2.45) is 0 Å². The molecule has 2 rings (SSSR count). The van der Waals surface area contributed by atoms with E-state index in [1.165, 1.54) is 12.1 Å². The van der Waals surface area contributed by atoms with Crippen LogP contribution >= 0.6 is 0 Å². The molecule has 0 saturated heterocycles. The highest BCUT2D eigenvalue weighted by atomic mass is 19.4. The van der Waals surface area contributed by atoms with E-state index < -0.39 is 11.7 Å². The Hall–Kier alpha value is -1.03. The van der Waals surface area contributed by atoms with Crippen LogP contribution in [0.5, 0.6) is 0 Å². The number of benzene rings is 1. The van der Waals surface area contributed by atoms with Crippen molar-refractivity contribution >= 4 is 0 Å². The van der Waals surface area contributed by atoms with E-state index in [-0.39, 0.29) is 5.92 Å². The lowest BCUT2D eigenvalue weighted by Crippen LogP contribution is -2.32.